The predicted molar refractivity (Wildman–Crippen MR) is 269 cm³/mol. The van der Waals surface area contributed by atoms with Crippen molar-refractivity contribution >= 4 is 11.9 Å². The summed E-state index contributed by atoms with van der Waals surface area (Å²) in [6, 6.07) is -0.847. The maximum Gasteiger partial charge on any atom is 0.305 e. The standard InChI is InChI=1S/C55H97NO10/c1-3-5-7-9-11-13-21-25-29-33-37-41-48(58)47(46-65-55-54(63)53(62)52(61)49(45-57)66-55)56-50(59)42-38-34-30-26-23-19-17-15-16-18-20-24-28-32-36-40-44-64-51(60)43-39-35-31-27-22-14-12-10-8-6-4-2/h7,9-10,12,15,17,21,25,37,41,47-49,52-55,57-58,61-63H,3-6,8,11,13-14,16,18-20,22-24,26-36,38-40,42-46H2,1-2H3,(H,56,59)/b9-7+,12-10-,17-15-,25-21+,41-37+. The van der Waals surface area contributed by atoms with E-state index >= 15 is 0 Å². The van der Waals surface area contributed by atoms with Crippen LogP contribution in [-0.2, 0) is 23.8 Å². The van der Waals surface area contributed by atoms with Crippen molar-refractivity contribution in [2.45, 2.75) is 256 Å². The quantitative estimate of drug-likeness (QED) is 0.0196. The molecule has 0 radical (unpaired) electrons. The topological polar surface area (TPSA) is 175 Å². The maximum atomic E-state index is 13.0. The van der Waals surface area contributed by atoms with Gasteiger partial charge in [0.25, 0.3) is 0 Å². The van der Waals surface area contributed by atoms with Crippen molar-refractivity contribution in [3.8, 4) is 0 Å². The number of hydrogen-bond acceptors (Lipinski definition) is 10. The van der Waals surface area contributed by atoms with Gasteiger partial charge in [-0.25, -0.2) is 0 Å². The van der Waals surface area contributed by atoms with Crippen LogP contribution in [0.5, 0.6) is 0 Å². The first-order chi connectivity index (χ1) is 32.2. The summed E-state index contributed by atoms with van der Waals surface area (Å²) in [7, 11) is 0. The zero-order valence-corrected chi connectivity index (χ0v) is 41.6. The first-order valence-corrected chi connectivity index (χ1v) is 26.6. The van der Waals surface area contributed by atoms with Crippen molar-refractivity contribution in [2.75, 3.05) is 19.8 Å². The summed E-state index contributed by atoms with van der Waals surface area (Å²) in [5, 5.41) is 54.1. The fourth-order valence-electron chi connectivity index (χ4n) is 7.74. The summed E-state index contributed by atoms with van der Waals surface area (Å²) in [5.41, 5.74) is 0. The molecule has 1 rings (SSSR count). The van der Waals surface area contributed by atoms with Gasteiger partial charge in [0, 0.05) is 12.8 Å². The molecule has 382 valence electrons. The normalized spacial score (nSPS) is 20.1. The van der Waals surface area contributed by atoms with Gasteiger partial charge < -0.3 is 45.1 Å². The molecule has 6 N–H and O–H groups in total. The van der Waals surface area contributed by atoms with Gasteiger partial charge in [0.15, 0.2) is 6.29 Å². The third-order valence-electron chi connectivity index (χ3n) is 12.0. The fraction of sp³-hybridized carbons (Fsp3) is 0.782. The van der Waals surface area contributed by atoms with Gasteiger partial charge in [-0.3, -0.25) is 9.59 Å². The minimum Gasteiger partial charge on any atom is -0.466 e. The van der Waals surface area contributed by atoms with Gasteiger partial charge in [0.1, 0.15) is 24.4 Å². The Balaban J connectivity index is 2.17. The lowest BCUT2D eigenvalue weighted by Gasteiger charge is -2.40. The predicted octanol–water partition coefficient (Wildman–Crippen LogP) is 11.1. The van der Waals surface area contributed by atoms with Gasteiger partial charge in [0.05, 0.1) is 32.0 Å². The molecule has 11 nitrogen and oxygen atoms in total. The summed E-state index contributed by atoms with van der Waals surface area (Å²) in [5.74, 6) is -0.252. The van der Waals surface area contributed by atoms with Crippen molar-refractivity contribution in [1.82, 2.24) is 5.32 Å². The number of allylic oxidation sites excluding steroid dienone is 9. The van der Waals surface area contributed by atoms with Crippen molar-refractivity contribution < 1.29 is 49.3 Å². The molecule has 0 aliphatic carbocycles. The van der Waals surface area contributed by atoms with Crippen LogP contribution in [0.1, 0.15) is 213 Å². The van der Waals surface area contributed by atoms with Crippen LogP contribution in [0.4, 0.5) is 0 Å². The Morgan fingerprint density at radius 1 is 0.545 bits per heavy atom. The molecule has 66 heavy (non-hydrogen) atoms. The Labute approximate surface area is 401 Å². The number of aliphatic hydroxyl groups is 5. The van der Waals surface area contributed by atoms with E-state index in [1.807, 2.05) is 6.08 Å². The average Bonchev–Trinajstić information content (AvgIpc) is 3.31. The number of carbonyl (C=O) groups excluding carboxylic acids is 2. The Morgan fingerprint density at radius 3 is 1.56 bits per heavy atom. The number of amides is 1. The smallest absolute Gasteiger partial charge is 0.305 e. The molecular weight excluding hydrogens is 835 g/mol. The molecular formula is C55H97NO10. The van der Waals surface area contributed by atoms with E-state index in [0.29, 0.717) is 25.9 Å². The molecule has 0 aromatic carbocycles. The van der Waals surface area contributed by atoms with Gasteiger partial charge in [-0.1, -0.05) is 164 Å². The van der Waals surface area contributed by atoms with Crippen LogP contribution >= 0.6 is 0 Å². The number of esters is 1. The van der Waals surface area contributed by atoms with E-state index in [1.165, 1.54) is 77.0 Å². The lowest BCUT2D eigenvalue weighted by molar-refractivity contribution is -0.302. The van der Waals surface area contributed by atoms with Crippen molar-refractivity contribution in [1.29, 1.82) is 0 Å². The van der Waals surface area contributed by atoms with Crippen molar-refractivity contribution in [2.24, 2.45) is 0 Å². The van der Waals surface area contributed by atoms with E-state index in [2.05, 4.69) is 67.8 Å². The second-order valence-corrected chi connectivity index (χ2v) is 18.2. The second-order valence-electron chi connectivity index (χ2n) is 18.2. The number of nitrogens with one attached hydrogen (secondary N) is 1. The first-order valence-electron chi connectivity index (χ1n) is 26.6. The lowest BCUT2D eigenvalue weighted by Crippen LogP contribution is -2.60. The summed E-state index contributed by atoms with van der Waals surface area (Å²) < 4.78 is 16.6. The zero-order chi connectivity index (χ0) is 48.1. The molecule has 1 fully saturated rings. The molecule has 1 aliphatic heterocycles. The van der Waals surface area contributed by atoms with Gasteiger partial charge >= 0.3 is 5.97 Å². The van der Waals surface area contributed by atoms with Gasteiger partial charge in [-0.15, -0.1) is 0 Å². The van der Waals surface area contributed by atoms with Crippen LogP contribution in [0.3, 0.4) is 0 Å². The fourth-order valence-corrected chi connectivity index (χ4v) is 7.74. The van der Waals surface area contributed by atoms with E-state index < -0.39 is 49.5 Å². The molecule has 1 heterocycles. The van der Waals surface area contributed by atoms with Crippen LogP contribution < -0.4 is 5.32 Å². The molecule has 7 atom stereocenters. The molecule has 1 amide bonds. The van der Waals surface area contributed by atoms with E-state index in [-0.39, 0.29) is 18.5 Å². The van der Waals surface area contributed by atoms with Crippen LogP contribution in [0.15, 0.2) is 60.8 Å². The minimum absolute atomic E-state index is 0.0346. The summed E-state index contributed by atoms with van der Waals surface area (Å²) in [6.45, 7) is 4.15. The largest absolute Gasteiger partial charge is 0.466 e. The number of aliphatic hydroxyl groups excluding tert-OH is 5. The average molecular weight is 932 g/mol. The number of hydrogen-bond donors (Lipinski definition) is 6. The first kappa shape index (κ1) is 61.4. The van der Waals surface area contributed by atoms with E-state index in [0.717, 1.165) is 103 Å². The van der Waals surface area contributed by atoms with Crippen LogP contribution in [0.2, 0.25) is 0 Å². The highest BCUT2D eigenvalue weighted by Crippen LogP contribution is 2.22. The Kier molecular flexibility index (Phi) is 41.7. The molecule has 0 aromatic rings. The van der Waals surface area contributed by atoms with Crippen molar-refractivity contribution in [3.05, 3.63) is 60.8 Å². The molecule has 11 heteroatoms. The highest BCUT2D eigenvalue weighted by atomic mass is 16.7. The van der Waals surface area contributed by atoms with Crippen LogP contribution in [0, 0.1) is 0 Å². The molecule has 0 aromatic heterocycles. The monoisotopic (exact) mass is 932 g/mol. The molecule has 0 spiro atoms. The SMILES string of the molecule is CCC/C=C/CC/C=C/CC/C=C/C(O)C(COC1OC(CO)C(O)C(O)C1O)NC(=O)CCCCCCC/C=C\CCCCCCCCCOC(=O)CCCCCCC/C=C\CCCC. The van der Waals surface area contributed by atoms with Gasteiger partial charge in [0.2, 0.25) is 5.91 Å². The highest BCUT2D eigenvalue weighted by molar-refractivity contribution is 5.76. The Bertz CT molecular complexity index is 1280. The highest BCUT2D eigenvalue weighted by Gasteiger charge is 2.44. The molecule has 0 bridgehead atoms. The number of unbranched alkanes of at least 4 members (excludes halogenated alkanes) is 22. The summed E-state index contributed by atoms with van der Waals surface area (Å²) in [6.07, 6.45) is 45.9. The Hall–Kier alpha value is -2.64. The van der Waals surface area contributed by atoms with Gasteiger partial charge in [-0.2, -0.15) is 0 Å². The summed E-state index contributed by atoms with van der Waals surface area (Å²) >= 11 is 0. The third kappa shape index (κ3) is 34.6. The Morgan fingerprint density at radius 2 is 1.02 bits per heavy atom. The van der Waals surface area contributed by atoms with Gasteiger partial charge in [-0.05, 0) is 96.3 Å². The van der Waals surface area contributed by atoms with Crippen molar-refractivity contribution in [3.63, 3.8) is 0 Å². The third-order valence-corrected chi connectivity index (χ3v) is 12.0. The zero-order valence-electron chi connectivity index (χ0n) is 41.6. The number of rotatable bonds is 44. The van der Waals surface area contributed by atoms with Crippen LogP contribution in [0.25, 0.3) is 0 Å². The minimum atomic E-state index is -1.59. The van der Waals surface area contributed by atoms with E-state index in [4.69, 9.17) is 14.2 Å². The number of ether oxygens (including phenoxy) is 3. The van der Waals surface area contributed by atoms with E-state index in [1.54, 1.807) is 6.08 Å². The second kappa shape index (κ2) is 44.8. The molecule has 7 unspecified atom stereocenters. The van der Waals surface area contributed by atoms with E-state index in [9.17, 15) is 35.1 Å². The molecule has 0 saturated carbocycles. The van der Waals surface area contributed by atoms with Crippen LogP contribution in [-0.4, -0.2) is 100 Å². The molecule has 1 aliphatic rings. The summed E-state index contributed by atoms with van der Waals surface area (Å²) in [4.78, 5) is 25.0. The maximum absolute atomic E-state index is 13.0. The molecule has 1 saturated heterocycles. The number of carbonyl (C=O) groups is 2. The lowest BCUT2D eigenvalue weighted by atomic mass is 9.99.